The predicted octanol–water partition coefficient (Wildman–Crippen LogP) is 3.34. The Labute approximate surface area is 112 Å². The molecule has 0 amide bonds. The lowest BCUT2D eigenvalue weighted by molar-refractivity contribution is 0.430. The molecular weight excluding hydrogens is 244 g/mol. The van der Waals surface area contributed by atoms with Gasteiger partial charge in [0.05, 0.1) is 5.69 Å². The second-order valence-electron chi connectivity index (χ2n) is 4.18. The number of aryl methyl sites for hydroxylation is 2. The summed E-state index contributed by atoms with van der Waals surface area (Å²) in [6.07, 6.45) is 0. The van der Waals surface area contributed by atoms with E-state index in [0.717, 1.165) is 22.4 Å². The first-order valence-corrected chi connectivity index (χ1v) is 6.98. The molecule has 4 heteroatoms. The van der Waals surface area contributed by atoms with Crippen molar-refractivity contribution in [2.45, 2.75) is 25.1 Å². The van der Waals surface area contributed by atoms with Crippen molar-refractivity contribution in [1.82, 2.24) is 10.3 Å². The number of oxazole rings is 1. The molecule has 0 spiro atoms. The minimum Gasteiger partial charge on any atom is -0.437 e. The van der Waals surface area contributed by atoms with Gasteiger partial charge in [-0.15, -0.1) is 0 Å². The molecule has 1 N–H and O–H groups in total. The van der Waals surface area contributed by atoms with Gasteiger partial charge in [0.25, 0.3) is 5.22 Å². The van der Waals surface area contributed by atoms with Gasteiger partial charge < -0.3 is 9.73 Å². The number of hydrogen-bond donors (Lipinski definition) is 1. The zero-order chi connectivity index (χ0) is 13.0. The summed E-state index contributed by atoms with van der Waals surface area (Å²) in [6.45, 7) is 3.91. The first kappa shape index (κ1) is 13.2. The molecule has 0 saturated carbocycles. The summed E-state index contributed by atoms with van der Waals surface area (Å²) in [5.74, 6) is 1.80. The molecule has 3 nitrogen and oxygen atoms in total. The maximum absolute atomic E-state index is 5.57. The van der Waals surface area contributed by atoms with Crippen molar-refractivity contribution in [2.24, 2.45) is 0 Å². The van der Waals surface area contributed by atoms with Gasteiger partial charge in [-0.1, -0.05) is 42.1 Å². The van der Waals surface area contributed by atoms with E-state index in [1.807, 2.05) is 27.0 Å². The molecule has 96 valence electrons. The van der Waals surface area contributed by atoms with Crippen molar-refractivity contribution in [3.63, 3.8) is 0 Å². The van der Waals surface area contributed by atoms with Crippen LogP contribution in [-0.2, 0) is 0 Å². The largest absolute Gasteiger partial charge is 0.437 e. The van der Waals surface area contributed by atoms with Crippen LogP contribution in [0.4, 0.5) is 0 Å². The summed E-state index contributed by atoms with van der Waals surface area (Å²) in [7, 11) is 1.98. The summed E-state index contributed by atoms with van der Waals surface area (Å²) >= 11 is 1.64. The third kappa shape index (κ3) is 3.15. The van der Waals surface area contributed by atoms with E-state index in [9.17, 15) is 0 Å². The van der Waals surface area contributed by atoms with Crippen LogP contribution in [0.1, 0.15) is 23.1 Å². The Balaban J connectivity index is 1.99. The molecular formula is C14H18N2OS. The normalized spacial score (nSPS) is 12.6. The third-order valence-corrected chi connectivity index (χ3v) is 3.85. The van der Waals surface area contributed by atoms with E-state index in [1.54, 1.807) is 11.8 Å². The van der Waals surface area contributed by atoms with Crippen molar-refractivity contribution in [1.29, 1.82) is 0 Å². The highest BCUT2D eigenvalue weighted by Crippen LogP contribution is 2.25. The molecule has 0 aliphatic heterocycles. The number of rotatable bonds is 5. The highest BCUT2D eigenvalue weighted by atomic mass is 32.2. The smallest absolute Gasteiger partial charge is 0.256 e. The number of hydrogen-bond acceptors (Lipinski definition) is 4. The van der Waals surface area contributed by atoms with Crippen LogP contribution in [0.25, 0.3) is 0 Å². The zero-order valence-electron chi connectivity index (χ0n) is 10.9. The van der Waals surface area contributed by atoms with E-state index in [-0.39, 0.29) is 0 Å². The molecule has 1 unspecified atom stereocenters. The molecule has 0 aliphatic rings. The van der Waals surface area contributed by atoms with E-state index in [1.165, 1.54) is 5.56 Å². The summed E-state index contributed by atoms with van der Waals surface area (Å²) < 4.78 is 5.57. The van der Waals surface area contributed by atoms with Crippen LogP contribution >= 0.6 is 11.8 Å². The molecule has 2 rings (SSSR count). The molecule has 0 aliphatic carbocycles. The van der Waals surface area contributed by atoms with E-state index in [0.29, 0.717) is 6.04 Å². The Hall–Kier alpha value is -1.26. The lowest BCUT2D eigenvalue weighted by Gasteiger charge is -2.14. The van der Waals surface area contributed by atoms with Crippen LogP contribution in [0.15, 0.2) is 40.0 Å². The van der Waals surface area contributed by atoms with Crippen molar-refractivity contribution in [3.05, 3.63) is 47.3 Å². The average Bonchev–Trinajstić information content (AvgIpc) is 2.71. The quantitative estimate of drug-likeness (QED) is 0.839. The molecule has 2 aromatic rings. The van der Waals surface area contributed by atoms with Gasteiger partial charge in [-0.05, 0) is 26.5 Å². The molecule has 0 radical (unpaired) electrons. The standard InChI is InChI=1S/C14H18N2OS/c1-10-11(2)17-14(16-10)18-9-13(15-3)12-7-5-4-6-8-12/h4-8,13,15H,9H2,1-3H3. The highest BCUT2D eigenvalue weighted by molar-refractivity contribution is 7.99. The van der Waals surface area contributed by atoms with Crippen LogP contribution in [0.5, 0.6) is 0 Å². The fourth-order valence-electron chi connectivity index (χ4n) is 1.69. The van der Waals surface area contributed by atoms with E-state index >= 15 is 0 Å². The summed E-state index contributed by atoms with van der Waals surface area (Å²) in [6, 6.07) is 10.7. The average molecular weight is 262 g/mol. The van der Waals surface area contributed by atoms with Crippen LogP contribution in [0, 0.1) is 13.8 Å². The van der Waals surface area contributed by atoms with Gasteiger partial charge in [0.15, 0.2) is 0 Å². The van der Waals surface area contributed by atoms with Crippen molar-refractivity contribution in [3.8, 4) is 0 Å². The summed E-state index contributed by atoms with van der Waals surface area (Å²) in [4.78, 5) is 4.38. The number of aromatic nitrogens is 1. The predicted molar refractivity (Wildman–Crippen MR) is 74.9 cm³/mol. The van der Waals surface area contributed by atoms with Gasteiger partial charge in [-0.2, -0.15) is 0 Å². The second-order valence-corrected chi connectivity index (χ2v) is 5.16. The molecule has 1 atom stereocenters. The molecule has 0 fully saturated rings. The maximum Gasteiger partial charge on any atom is 0.256 e. The Morgan fingerprint density at radius 2 is 2.00 bits per heavy atom. The third-order valence-electron chi connectivity index (χ3n) is 2.93. The zero-order valence-corrected chi connectivity index (χ0v) is 11.8. The van der Waals surface area contributed by atoms with E-state index < -0.39 is 0 Å². The van der Waals surface area contributed by atoms with Crippen LogP contribution in [0.3, 0.4) is 0 Å². The van der Waals surface area contributed by atoms with Gasteiger partial charge in [0, 0.05) is 11.8 Å². The Kier molecular flexibility index (Phi) is 4.44. The highest BCUT2D eigenvalue weighted by Gasteiger charge is 2.12. The minimum atomic E-state index is 0.309. The van der Waals surface area contributed by atoms with E-state index in [2.05, 4.69) is 34.6 Å². The van der Waals surface area contributed by atoms with Gasteiger partial charge >= 0.3 is 0 Å². The molecule has 0 saturated heterocycles. The molecule has 1 heterocycles. The van der Waals surface area contributed by atoms with Crippen LogP contribution in [0.2, 0.25) is 0 Å². The maximum atomic E-state index is 5.57. The van der Waals surface area contributed by atoms with Crippen LogP contribution < -0.4 is 5.32 Å². The van der Waals surface area contributed by atoms with Crippen molar-refractivity contribution >= 4 is 11.8 Å². The Morgan fingerprint density at radius 3 is 2.56 bits per heavy atom. The fraction of sp³-hybridized carbons (Fsp3) is 0.357. The number of benzene rings is 1. The first-order valence-electron chi connectivity index (χ1n) is 5.99. The van der Waals surface area contributed by atoms with Gasteiger partial charge in [0.1, 0.15) is 5.76 Å². The topological polar surface area (TPSA) is 38.1 Å². The van der Waals surface area contributed by atoms with Gasteiger partial charge in [0.2, 0.25) is 0 Å². The van der Waals surface area contributed by atoms with Gasteiger partial charge in [-0.25, -0.2) is 4.98 Å². The number of thioether (sulfide) groups is 1. The SMILES string of the molecule is CNC(CSc1nc(C)c(C)o1)c1ccccc1. The van der Waals surface area contributed by atoms with Crippen molar-refractivity contribution in [2.75, 3.05) is 12.8 Å². The Morgan fingerprint density at radius 1 is 1.28 bits per heavy atom. The minimum absolute atomic E-state index is 0.309. The monoisotopic (exact) mass is 262 g/mol. The number of nitrogens with one attached hydrogen (secondary N) is 1. The lowest BCUT2D eigenvalue weighted by atomic mass is 10.1. The van der Waals surface area contributed by atoms with Crippen molar-refractivity contribution < 1.29 is 4.42 Å². The summed E-state index contributed by atoms with van der Waals surface area (Å²) in [5.41, 5.74) is 2.26. The Bertz CT molecular complexity index is 476. The lowest BCUT2D eigenvalue weighted by Crippen LogP contribution is -2.18. The first-order chi connectivity index (χ1) is 8.70. The second kappa shape index (κ2) is 6.07. The fourth-order valence-corrected chi connectivity index (χ4v) is 2.74. The molecule has 1 aromatic carbocycles. The van der Waals surface area contributed by atoms with E-state index in [4.69, 9.17) is 4.42 Å². The molecule has 18 heavy (non-hydrogen) atoms. The van der Waals surface area contributed by atoms with Crippen LogP contribution in [-0.4, -0.2) is 17.8 Å². The summed E-state index contributed by atoms with van der Waals surface area (Å²) in [5, 5.41) is 4.07. The van der Waals surface area contributed by atoms with Gasteiger partial charge in [-0.3, -0.25) is 0 Å². The number of nitrogens with zero attached hydrogens (tertiary/aromatic N) is 1. The molecule has 0 bridgehead atoms. The molecule has 1 aromatic heterocycles.